The lowest BCUT2D eigenvalue weighted by Crippen LogP contribution is -2.35. The normalized spacial score (nSPS) is 16.5. The van der Waals surface area contributed by atoms with E-state index in [9.17, 15) is 4.39 Å². The minimum Gasteiger partial charge on any atom is -0.440 e. The number of aromatic nitrogens is 4. The summed E-state index contributed by atoms with van der Waals surface area (Å²) in [6.07, 6.45) is 1.94. The van der Waals surface area contributed by atoms with Gasteiger partial charge in [0.15, 0.2) is 17.3 Å². The number of fused-ring (bicyclic) bond motifs is 1. The Kier molecular flexibility index (Phi) is 6.33. The molecule has 1 aliphatic heterocycles. The molecule has 0 spiro atoms. The number of piperidine rings is 1. The van der Waals surface area contributed by atoms with Gasteiger partial charge in [0, 0.05) is 24.7 Å². The summed E-state index contributed by atoms with van der Waals surface area (Å²) >= 11 is 5.84. The summed E-state index contributed by atoms with van der Waals surface area (Å²) in [5, 5.41) is 4.90. The van der Waals surface area contributed by atoms with Crippen molar-refractivity contribution in [3.63, 3.8) is 0 Å². The number of oxazole rings is 1. The molecule has 2 aromatic carbocycles. The van der Waals surface area contributed by atoms with E-state index in [0.717, 1.165) is 54.4 Å². The van der Waals surface area contributed by atoms with Crippen LogP contribution >= 0.6 is 12.2 Å². The smallest absolute Gasteiger partial charge is 0.203 e. The molecule has 5 rings (SSSR count). The van der Waals surface area contributed by atoms with Crippen molar-refractivity contribution >= 4 is 23.3 Å². The minimum atomic E-state index is -0.272. The van der Waals surface area contributed by atoms with E-state index in [1.54, 1.807) is 12.1 Å². The van der Waals surface area contributed by atoms with E-state index in [4.69, 9.17) is 26.7 Å². The Balaban J connectivity index is 1.35. The van der Waals surface area contributed by atoms with Gasteiger partial charge in [-0.2, -0.15) is 5.10 Å². The van der Waals surface area contributed by atoms with Crippen molar-refractivity contribution in [3.8, 4) is 5.69 Å². The molecule has 0 aliphatic carbocycles. The fourth-order valence-corrected chi connectivity index (χ4v) is 4.72. The Bertz CT molecular complexity index is 1300. The number of hydrogen-bond acceptors (Lipinski definition) is 6. The summed E-state index contributed by atoms with van der Waals surface area (Å²) in [7, 11) is 4.03. The first-order valence-corrected chi connectivity index (χ1v) is 12.0. The fraction of sp³-hybridized carbons (Fsp3) is 0.400. The quantitative estimate of drug-likeness (QED) is 0.356. The molecule has 1 fully saturated rings. The highest BCUT2D eigenvalue weighted by atomic mass is 32.1. The van der Waals surface area contributed by atoms with Gasteiger partial charge in [0.2, 0.25) is 4.77 Å². The molecule has 3 heterocycles. The van der Waals surface area contributed by atoms with E-state index in [-0.39, 0.29) is 11.9 Å². The average Bonchev–Trinajstić information content (AvgIpc) is 3.41. The molecule has 4 aromatic rings. The summed E-state index contributed by atoms with van der Waals surface area (Å²) < 4.78 is 24.0. The van der Waals surface area contributed by atoms with Crippen LogP contribution in [0.1, 0.15) is 43.4 Å². The standard InChI is InChI=1S/C25H29FN6OS/c1-17(29(2)3)23-28-31(25(34)32(23)20-10-8-19(26)9-11-20)16-30-14-12-18(13-15-30)24-27-21-6-4-5-7-22(21)33-24/h4-11,17-18H,12-16H2,1-3H3. The van der Waals surface area contributed by atoms with Gasteiger partial charge in [-0.05, 0) is 82.5 Å². The molecule has 0 bridgehead atoms. The Morgan fingerprint density at radius 3 is 2.50 bits per heavy atom. The maximum absolute atomic E-state index is 13.5. The molecule has 0 amide bonds. The summed E-state index contributed by atoms with van der Waals surface area (Å²) in [6.45, 7) is 4.52. The van der Waals surface area contributed by atoms with Crippen LogP contribution in [-0.4, -0.2) is 56.3 Å². The first-order chi connectivity index (χ1) is 16.4. The predicted molar refractivity (Wildman–Crippen MR) is 132 cm³/mol. The summed E-state index contributed by atoms with van der Waals surface area (Å²) in [6, 6.07) is 14.3. The third-order valence-electron chi connectivity index (χ3n) is 6.68. The largest absolute Gasteiger partial charge is 0.440 e. The molecule has 2 aromatic heterocycles. The second kappa shape index (κ2) is 9.40. The van der Waals surface area contributed by atoms with Crippen molar-refractivity contribution in [1.29, 1.82) is 0 Å². The molecule has 1 aliphatic rings. The number of halogens is 1. The zero-order chi connectivity index (χ0) is 23.8. The second-order valence-electron chi connectivity index (χ2n) is 9.15. The van der Waals surface area contributed by atoms with Crippen LogP contribution in [0.2, 0.25) is 0 Å². The Morgan fingerprint density at radius 1 is 1.12 bits per heavy atom. The van der Waals surface area contributed by atoms with E-state index < -0.39 is 0 Å². The Hall–Kier alpha value is -2.88. The van der Waals surface area contributed by atoms with Gasteiger partial charge in [-0.1, -0.05) is 12.1 Å². The number of hydrogen-bond donors (Lipinski definition) is 0. The lowest BCUT2D eigenvalue weighted by atomic mass is 9.97. The van der Waals surface area contributed by atoms with Crippen LogP contribution < -0.4 is 0 Å². The molecule has 1 atom stereocenters. The van der Waals surface area contributed by atoms with Crippen LogP contribution in [0.25, 0.3) is 16.8 Å². The lowest BCUT2D eigenvalue weighted by molar-refractivity contribution is 0.152. The van der Waals surface area contributed by atoms with Gasteiger partial charge in [-0.25, -0.2) is 14.1 Å². The summed E-state index contributed by atoms with van der Waals surface area (Å²) in [5.74, 6) is 1.72. The average molecular weight is 481 g/mol. The van der Waals surface area contributed by atoms with Gasteiger partial charge >= 0.3 is 0 Å². The molecule has 178 valence electrons. The van der Waals surface area contributed by atoms with Crippen molar-refractivity contribution < 1.29 is 8.81 Å². The molecular formula is C25H29FN6OS. The predicted octanol–water partition coefficient (Wildman–Crippen LogP) is 5.14. The minimum absolute atomic E-state index is 0.0397. The first kappa shape index (κ1) is 22.9. The highest BCUT2D eigenvalue weighted by molar-refractivity contribution is 7.71. The molecule has 1 unspecified atom stereocenters. The molecule has 1 saturated heterocycles. The maximum Gasteiger partial charge on any atom is 0.203 e. The zero-order valence-corrected chi connectivity index (χ0v) is 20.5. The van der Waals surface area contributed by atoms with Crippen LogP contribution in [0.15, 0.2) is 52.9 Å². The fourth-order valence-electron chi connectivity index (χ4n) is 4.43. The van der Waals surface area contributed by atoms with Gasteiger partial charge in [-0.3, -0.25) is 14.4 Å². The van der Waals surface area contributed by atoms with Gasteiger partial charge in [-0.15, -0.1) is 0 Å². The van der Waals surface area contributed by atoms with Crippen molar-refractivity contribution in [1.82, 2.24) is 29.1 Å². The van der Waals surface area contributed by atoms with Crippen molar-refractivity contribution in [3.05, 3.63) is 70.8 Å². The van der Waals surface area contributed by atoms with Gasteiger partial charge in [0.1, 0.15) is 11.3 Å². The summed E-state index contributed by atoms with van der Waals surface area (Å²) in [5.41, 5.74) is 2.58. The highest BCUT2D eigenvalue weighted by Gasteiger charge is 2.26. The van der Waals surface area contributed by atoms with E-state index in [1.807, 2.05) is 47.6 Å². The van der Waals surface area contributed by atoms with E-state index >= 15 is 0 Å². The SMILES string of the molecule is CC(c1nn(CN2CCC(c3nc4ccccc4o3)CC2)c(=S)n1-c1ccc(F)cc1)N(C)C. The van der Waals surface area contributed by atoms with Gasteiger partial charge in [0.25, 0.3) is 0 Å². The number of nitrogens with zero attached hydrogens (tertiary/aromatic N) is 6. The number of likely N-dealkylation sites (tertiary alicyclic amines) is 1. The molecule has 0 radical (unpaired) electrons. The van der Waals surface area contributed by atoms with E-state index in [1.165, 1.54) is 12.1 Å². The molecular weight excluding hydrogens is 451 g/mol. The molecule has 9 heteroatoms. The van der Waals surface area contributed by atoms with Crippen molar-refractivity contribution in [2.24, 2.45) is 0 Å². The topological polar surface area (TPSA) is 55.3 Å². The van der Waals surface area contributed by atoms with Crippen LogP contribution in [0.3, 0.4) is 0 Å². The number of benzene rings is 2. The van der Waals surface area contributed by atoms with Crippen molar-refractivity contribution in [2.75, 3.05) is 27.2 Å². The maximum atomic E-state index is 13.5. The molecule has 7 nitrogen and oxygen atoms in total. The number of rotatable bonds is 6. The third kappa shape index (κ3) is 4.43. The second-order valence-corrected chi connectivity index (χ2v) is 9.51. The lowest BCUT2D eigenvalue weighted by Gasteiger charge is -2.30. The number of para-hydroxylation sites is 2. The van der Waals surface area contributed by atoms with E-state index in [2.05, 4.69) is 16.7 Å². The van der Waals surface area contributed by atoms with Gasteiger partial charge in [0.05, 0.1) is 12.7 Å². The molecule has 34 heavy (non-hydrogen) atoms. The van der Waals surface area contributed by atoms with E-state index in [0.29, 0.717) is 17.4 Å². The molecule has 0 saturated carbocycles. The highest BCUT2D eigenvalue weighted by Crippen LogP contribution is 2.30. The van der Waals surface area contributed by atoms with Crippen LogP contribution in [-0.2, 0) is 6.67 Å². The van der Waals surface area contributed by atoms with Crippen molar-refractivity contribution in [2.45, 2.75) is 38.4 Å². The molecule has 0 N–H and O–H groups in total. The van der Waals surface area contributed by atoms with Crippen LogP contribution in [0.5, 0.6) is 0 Å². The van der Waals surface area contributed by atoms with Crippen LogP contribution in [0, 0.1) is 10.6 Å². The van der Waals surface area contributed by atoms with Gasteiger partial charge < -0.3 is 4.42 Å². The summed E-state index contributed by atoms with van der Waals surface area (Å²) in [4.78, 5) is 9.15. The van der Waals surface area contributed by atoms with Crippen LogP contribution in [0.4, 0.5) is 4.39 Å². The first-order valence-electron chi connectivity index (χ1n) is 11.6. The Labute approximate surface area is 203 Å². The monoisotopic (exact) mass is 480 g/mol. The third-order valence-corrected chi connectivity index (χ3v) is 7.07. The zero-order valence-electron chi connectivity index (χ0n) is 19.7. The Morgan fingerprint density at radius 2 is 1.82 bits per heavy atom.